The van der Waals surface area contributed by atoms with Crippen molar-refractivity contribution in [2.24, 2.45) is 0 Å². The smallest absolute Gasteiger partial charge is 0.398 e. The Bertz CT molecular complexity index is 839. The first-order valence-corrected chi connectivity index (χ1v) is 8.21. The van der Waals surface area contributed by atoms with Crippen LogP contribution in [0, 0.1) is 0 Å². The minimum absolute atomic E-state index is 0.177. The minimum atomic E-state index is -4.66. The van der Waals surface area contributed by atoms with Crippen molar-refractivity contribution >= 4 is 35.0 Å². The fraction of sp³-hybridized carbons (Fsp3) is 0.176. The fourth-order valence-electron chi connectivity index (χ4n) is 2.60. The molecule has 0 aromatic heterocycles. The molecule has 1 unspecified atom stereocenters. The molecule has 0 spiro atoms. The number of imide groups is 1. The highest BCUT2D eigenvalue weighted by Crippen LogP contribution is 2.41. The van der Waals surface area contributed by atoms with Gasteiger partial charge in [0.05, 0.1) is 16.5 Å². The lowest BCUT2D eigenvalue weighted by molar-refractivity contribution is -0.137. The quantitative estimate of drug-likeness (QED) is 0.664. The Morgan fingerprint density at radius 1 is 1.04 bits per heavy atom. The molecule has 0 bridgehead atoms. The van der Waals surface area contributed by atoms with Gasteiger partial charge in [0.15, 0.2) is 0 Å². The van der Waals surface area contributed by atoms with Crippen LogP contribution in [0.2, 0.25) is 0 Å². The zero-order valence-corrected chi connectivity index (χ0v) is 13.6. The summed E-state index contributed by atoms with van der Waals surface area (Å²) in [5.41, 5.74) is 4.82. The SMILES string of the molecule is Nc1ccccc1SC1CC(=O)N(c2ccccc2C(F)(F)F)C1=O. The van der Waals surface area contributed by atoms with E-state index in [9.17, 15) is 22.8 Å². The summed E-state index contributed by atoms with van der Waals surface area (Å²) in [4.78, 5) is 26.1. The number of thioether (sulfide) groups is 1. The Morgan fingerprint density at radius 2 is 1.68 bits per heavy atom. The molecular formula is C17H13F3N2O2S. The third-order valence-corrected chi connectivity index (χ3v) is 5.02. The summed E-state index contributed by atoms with van der Waals surface area (Å²) < 4.78 is 39.5. The van der Waals surface area contributed by atoms with Crippen LogP contribution < -0.4 is 10.6 Å². The Balaban J connectivity index is 1.92. The first kappa shape index (κ1) is 17.3. The highest BCUT2D eigenvalue weighted by atomic mass is 32.2. The Hall–Kier alpha value is -2.48. The predicted octanol–water partition coefficient (Wildman–Crippen LogP) is 3.71. The molecule has 2 N–H and O–H groups in total. The number of benzene rings is 2. The fourth-order valence-corrected chi connectivity index (χ4v) is 3.70. The molecule has 25 heavy (non-hydrogen) atoms. The van der Waals surface area contributed by atoms with E-state index in [0.29, 0.717) is 15.5 Å². The van der Waals surface area contributed by atoms with Crippen LogP contribution in [-0.2, 0) is 15.8 Å². The lowest BCUT2D eigenvalue weighted by atomic mass is 10.1. The van der Waals surface area contributed by atoms with Gasteiger partial charge in [0.1, 0.15) is 0 Å². The molecule has 1 saturated heterocycles. The van der Waals surface area contributed by atoms with Gasteiger partial charge in [0.25, 0.3) is 0 Å². The zero-order chi connectivity index (χ0) is 18.2. The molecule has 2 aromatic rings. The average Bonchev–Trinajstić information content (AvgIpc) is 2.83. The first-order chi connectivity index (χ1) is 11.8. The summed E-state index contributed by atoms with van der Waals surface area (Å²) in [5.74, 6) is -1.33. The molecule has 1 aliphatic rings. The van der Waals surface area contributed by atoms with Gasteiger partial charge < -0.3 is 5.73 Å². The topological polar surface area (TPSA) is 63.4 Å². The molecule has 8 heteroatoms. The molecule has 0 radical (unpaired) electrons. The van der Waals surface area contributed by atoms with Crippen molar-refractivity contribution in [3.8, 4) is 0 Å². The van der Waals surface area contributed by atoms with Gasteiger partial charge in [-0.05, 0) is 24.3 Å². The summed E-state index contributed by atoms with van der Waals surface area (Å²) in [7, 11) is 0. The van der Waals surface area contributed by atoms with Crippen LogP contribution in [-0.4, -0.2) is 17.1 Å². The van der Waals surface area contributed by atoms with Crippen LogP contribution in [0.4, 0.5) is 24.5 Å². The van der Waals surface area contributed by atoms with E-state index < -0.39 is 34.5 Å². The number of para-hydroxylation sites is 2. The Kier molecular flexibility index (Phi) is 4.47. The third kappa shape index (κ3) is 3.34. The van der Waals surface area contributed by atoms with E-state index >= 15 is 0 Å². The molecule has 1 fully saturated rings. The first-order valence-electron chi connectivity index (χ1n) is 7.33. The minimum Gasteiger partial charge on any atom is -0.398 e. The Morgan fingerprint density at radius 3 is 2.36 bits per heavy atom. The standard InChI is InChI=1S/C17H13F3N2O2S/c18-17(19,20)10-5-1-3-7-12(10)22-15(23)9-14(16(22)24)25-13-8-4-2-6-11(13)21/h1-8,14H,9,21H2. The van der Waals surface area contributed by atoms with Crippen molar-refractivity contribution in [2.45, 2.75) is 22.7 Å². The van der Waals surface area contributed by atoms with Crippen molar-refractivity contribution < 1.29 is 22.8 Å². The van der Waals surface area contributed by atoms with Crippen molar-refractivity contribution in [2.75, 3.05) is 10.6 Å². The number of carbonyl (C=O) groups is 2. The molecule has 3 rings (SSSR count). The van der Waals surface area contributed by atoms with Gasteiger partial charge >= 0.3 is 6.18 Å². The van der Waals surface area contributed by atoms with E-state index in [1.807, 2.05) is 0 Å². The molecule has 1 atom stereocenters. The van der Waals surface area contributed by atoms with Crippen LogP contribution >= 0.6 is 11.8 Å². The number of halogens is 3. The molecular weight excluding hydrogens is 353 g/mol. The molecule has 1 aliphatic heterocycles. The number of rotatable bonds is 3. The van der Waals surface area contributed by atoms with E-state index in [-0.39, 0.29) is 6.42 Å². The number of amides is 2. The van der Waals surface area contributed by atoms with Crippen LogP contribution in [0.15, 0.2) is 53.4 Å². The summed E-state index contributed by atoms with van der Waals surface area (Å²) in [6, 6.07) is 11.4. The molecule has 4 nitrogen and oxygen atoms in total. The number of carbonyl (C=O) groups excluding carboxylic acids is 2. The Labute approximate surface area is 145 Å². The monoisotopic (exact) mass is 366 g/mol. The molecule has 0 aliphatic carbocycles. The van der Waals surface area contributed by atoms with E-state index in [0.717, 1.165) is 23.9 Å². The zero-order valence-electron chi connectivity index (χ0n) is 12.8. The summed E-state index contributed by atoms with van der Waals surface area (Å²) in [6.45, 7) is 0. The maximum atomic E-state index is 13.2. The summed E-state index contributed by atoms with van der Waals surface area (Å²) in [6.07, 6.45) is -4.84. The summed E-state index contributed by atoms with van der Waals surface area (Å²) >= 11 is 1.08. The number of hydrogen-bond acceptors (Lipinski definition) is 4. The number of nitrogen functional groups attached to an aromatic ring is 1. The second kappa shape index (κ2) is 6.44. The second-order valence-electron chi connectivity index (χ2n) is 5.43. The molecule has 2 aromatic carbocycles. The summed E-state index contributed by atoms with van der Waals surface area (Å²) in [5, 5.41) is -0.807. The molecule has 2 amide bonds. The van der Waals surface area contributed by atoms with E-state index in [1.54, 1.807) is 24.3 Å². The van der Waals surface area contributed by atoms with Gasteiger partial charge in [-0.2, -0.15) is 13.2 Å². The van der Waals surface area contributed by atoms with Gasteiger partial charge in [0, 0.05) is 17.0 Å². The van der Waals surface area contributed by atoms with Gasteiger partial charge in [-0.3, -0.25) is 9.59 Å². The van der Waals surface area contributed by atoms with Crippen molar-refractivity contribution in [1.29, 1.82) is 0 Å². The predicted molar refractivity (Wildman–Crippen MR) is 89.1 cm³/mol. The highest BCUT2D eigenvalue weighted by Gasteiger charge is 2.44. The van der Waals surface area contributed by atoms with E-state index in [1.165, 1.54) is 12.1 Å². The largest absolute Gasteiger partial charge is 0.418 e. The van der Waals surface area contributed by atoms with E-state index in [2.05, 4.69) is 0 Å². The lowest BCUT2D eigenvalue weighted by Crippen LogP contribution is -2.33. The van der Waals surface area contributed by atoms with Gasteiger partial charge in [-0.25, -0.2) is 4.90 Å². The third-order valence-electron chi connectivity index (χ3n) is 3.74. The van der Waals surface area contributed by atoms with Gasteiger partial charge in [0.2, 0.25) is 11.8 Å². The second-order valence-corrected chi connectivity index (χ2v) is 6.68. The van der Waals surface area contributed by atoms with Crippen LogP contribution in [0.1, 0.15) is 12.0 Å². The number of nitrogens with zero attached hydrogens (tertiary/aromatic N) is 1. The number of anilines is 2. The van der Waals surface area contributed by atoms with Crippen LogP contribution in [0.3, 0.4) is 0 Å². The molecule has 1 heterocycles. The molecule has 0 saturated carbocycles. The normalized spacial score (nSPS) is 18.0. The van der Waals surface area contributed by atoms with Crippen LogP contribution in [0.5, 0.6) is 0 Å². The van der Waals surface area contributed by atoms with Crippen LogP contribution in [0.25, 0.3) is 0 Å². The number of hydrogen-bond donors (Lipinski definition) is 1. The number of alkyl halides is 3. The van der Waals surface area contributed by atoms with Gasteiger partial charge in [-0.15, -0.1) is 11.8 Å². The molecule has 130 valence electrons. The van der Waals surface area contributed by atoms with Crippen molar-refractivity contribution in [1.82, 2.24) is 0 Å². The maximum Gasteiger partial charge on any atom is 0.418 e. The lowest BCUT2D eigenvalue weighted by Gasteiger charge is -2.20. The average molecular weight is 366 g/mol. The van der Waals surface area contributed by atoms with Crippen molar-refractivity contribution in [3.05, 3.63) is 54.1 Å². The van der Waals surface area contributed by atoms with Crippen molar-refractivity contribution in [3.63, 3.8) is 0 Å². The van der Waals surface area contributed by atoms with Gasteiger partial charge in [-0.1, -0.05) is 24.3 Å². The number of nitrogens with two attached hydrogens (primary N) is 1. The maximum absolute atomic E-state index is 13.2. The van der Waals surface area contributed by atoms with E-state index in [4.69, 9.17) is 5.73 Å². The highest BCUT2D eigenvalue weighted by molar-refractivity contribution is 8.00.